The molecule has 0 unspecified atom stereocenters. The first kappa shape index (κ1) is 23.3. The third-order valence-electron chi connectivity index (χ3n) is 4.88. The zero-order chi connectivity index (χ0) is 22.6. The van der Waals surface area contributed by atoms with Gasteiger partial charge in [0, 0.05) is 18.8 Å². The number of hydrogen-bond donors (Lipinski definition) is 3. The number of benzene rings is 1. The number of hydrogen-bond acceptors (Lipinski definition) is 5. The smallest absolute Gasteiger partial charge is 0.330 e. The number of carbonyl (C=O) groups is 1. The lowest BCUT2D eigenvalue weighted by Gasteiger charge is -2.27. The molecule has 1 aromatic carbocycles. The quantitative estimate of drug-likeness (QED) is 0.613. The molecule has 1 heterocycles. The Morgan fingerprint density at radius 2 is 1.83 bits per heavy atom. The molecule has 8 nitrogen and oxygen atoms in total. The van der Waals surface area contributed by atoms with Crippen LogP contribution >= 0.6 is 0 Å². The number of rotatable bonds is 8. The van der Waals surface area contributed by atoms with Crippen molar-refractivity contribution in [2.75, 3.05) is 29.0 Å². The van der Waals surface area contributed by atoms with Crippen LogP contribution in [0.2, 0.25) is 0 Å². The van der Waals surface area contributed by atoms with Crippen molar-refractivity contribution in [3.8, 4) is 0 Å². The number of nitrogens with zero attached hydrogens (tertiary/aromatic N) is 2. The summed E-state index contributed by atoms with van der Waals surface area (Å²) in [5.41, 5.74) is 8.08. The van der Waals surface area contributed by atoms with E-state index in [4.69, 9.17) is 5.73 Å². The number of nitrogens with two attached hydrogens (primary N) is 1. The standard InChI is InChI=1S/C22H33N5O3/c1-13(2)10-26(12-18(28)24-17-9-7-8-15(5)16(17)6)19-20(23)27(11-14(3)4)22(30)25-21(19)29/h7-9,13-14H,10-12,23H2,1-6H3,(H,24,28)(H,25,29,30). The summed E-state index contributed by atoms with van der Waals surface area (Å²) in [5.74, 6) is 0.153. The van der Waals surface area contributed by atoms with Crippen LogP contribution in [-0.2, 0) is 11.3 Å². The lowest BCUT2D eigenvalue weighted by atomic mass is 10.1. The van der Waals surface area contributed by atoms with Gasteiger partial charge in [-0.2, -0.15) is 0 Å². The molecule has 4 N–H and O–H groups in total. The Balaban J connectivity index is 2.40. The lowest BCUT2D eigenvalue weighted by molar-refractivity contribution is -0.115. The van der Waals surface area contributed by atoms with Crippen LogP contribution < -0.4 is 27.2 Å². The van der Waals surface area contributed by atoms with Crippen LogP contribution in [0.1, 0.15) is 38.8 Å². The van der Waals surface area contributed by atoms with Crippen molar-refractivity contribution < 1.29 is 4.79 Å². The molecule has 0 atom stereocenters. The Morgan fingerprint density at radius 3 is 2.43 bits per heavy atom. The highest BCUT2D eigenvalue weighted by Crippen LogP contribution is 2.21. The predicted molar refractivity (Wildman–Crippen MR) is 122 cm³/mol. The van der Waals surface area contributed by atoms with Crippen LogP contribution in [0, 0.1) is 25.7 Å². The van der Waals surface area contributed by atoms with E-state index in [1.165, 1.54) is 4.57 Å². The molecule has 0 saturated heterocycles. The predicted octanol–water partition coefficient (Wildman–Crippen LogP) is 2.49. The van der Waals surface area contributed by atoms with Crippen molar-refractivity contribution >= 4 is 23.1 Å². The van der Waals surface area contributed by atoms with E-state index in [-0.39, 0.29) is 35.8 Å². The monoisotopic (exact) mass is 415 g/mol. The molecule has 0 spiro atoms. The summed E-state index contributed by atoms with van der Waals surface area (Å²) in [6.07, 6.45) is 0. The van der Waals surface area contributed by atoms with Crippen LogP contribution in [0.4, 0.5) is 17.2 Å². The van der Waals surface area contributed by atoms with E-state index >= 15 is 0 Å². The number of carbonyl (C=O) groups excluding carboxylic acids is 1. The molecule has 2 aromatic rings. The Kier molecular flexibility index (Phi) is 7.48. The average molecular weight is 416 g/mol. The Hall–Kier alpha value is -3.03. The number of aromatic nitrogens is 2. The van der Waals surface area contributed by atoms with Gasteiger partial charge in [-0.05, 0) is 42.9 Å². The first-order valence-corrected chi connectivity index (χ1v) is 10.2. The zero-order valence-electron chi connectivity index (χ0n) is 18.7. The fourth-order valence-electron chi connectivity index (χ4n) is 3.35. The lowest BCUT2D eigenvalue weighted by Crippen LogP contribution is -2.43. The highest BCUT2D eigenvalue weighted by atomic mass is 16.2. The minimum absolute atomic E-state index is 0.0568. The number of H-pyrrole nitrogens is 1. The second-order valence-corrected chi connectivity index (χ2v) is 8.57. The van der Waals surface area contributed by atoms with Crippen molar-refractivity contribution in [1.29, 1.82) is 0 Å². The van der Waals surface area contributed by atoms with Gasteiger partial charge < -0.3 is 16.0 Å². The molecule has 0 aliphatic heterocycles. The third kappa shape index (κ3) is 5.52. The second kappa shape index (κ2) is 9.65. The van der Waals surface area contributed by atoms with Crippen molar-refractivity contribution in [2.45, 2.75) is 48.1 Å². The Bertz CT molecular complexity index is 1020. The summed E-state index contributed by atoms with van der Waals surface area (Å²) in [6.45, 7) is 12.6. The molecule has 0 saturated carbocycles. The number of aromatic amines is 1. The normalized spacial score (nSPS) is 11.2. The zero-order valence-corrected chi connectivity index (χ0v) is 18.7. The van der Waals surface area contributed by atoms with Gasteiger partial charge in [0.2, 0.25) is 5.91 Å². The van der Waals surface area contributed by atoms with Crippen LogP contribution in [0.5, 0.6) is 0 Å². The minimum Gasteiger partial charge on any atom is -0.383 e. The second-order valence-electron chi connectivity index (χ2n) is 8.57. The molecule has 0 radical (unpaired) electrons. The fourth-order valence-corrected chi connectivity index (χ4v) is 3.35. The van der Waals surface area contributed by atoms with Gasteiger partial charge in [-0.25, -0.2) is 4.79 Å². The summed E-state index contributed by atoms with van der Waals surface area (Å²) < 4.78 is 1.36. The Morgan fingerprint density at radius 1 is 1.17 bits per heavy atom. The fraction of sp³-hybridized carbons (Fsp3) is 0.500. The van der Waals surface area contributed by atoms with E-state index in [1.54, 1.807) is 4.90 Å². The summed E-state index contributed by atoms with van der Waals surface area (Å²) in [7, 11) is 0. The topological polar surface area (TPSA) is 113 Å². The van der Waals surface area contributed by atoms with Crippen LogP contribution in [0.3, 0.4) is 0 Å². The molecule has 0 aliphatic rings. The first-order valence-electron chi connectivity index (χ1n) is 10.2. The van der Waals surface area contributed by atoms with E-state index in [0.717, 1.165) is 16.8 Å². The van der Waals surface area contributed by atoms with Crippen molar-refractivity contribution in [1.82, 2.24) is 9.55 Å². The minimum atomic E-state index is -0.585. The van der Waals surface area contributed by atoms with Crippen LogP contribution in [-0.4, -0.2) is 28.5 Å². The number of aryl methyl sites for hydroxylation is 1. The molecular formula is C22H33N5O3. The van der Waals surface area contributed by atoms with E-state index in [0.29, 0.717) is 13.1 Å². The number of anilines is 3. The summed E-state index contributed by atoms with van der Waals surface area (Å²) in [5, 5.41) is 2.92. The summed E-state index contributed by atoms with van der Waals surface area (Å²) in [4.78, 5) is 41.7. The van der Waals surface area contributed by atoms with Gasteiger partial charge in [0.25, 0.3) is 5.56 Å². The molecule has 0 bridgehead atoms. The van der Waals surface area contributed by atoms with Crippen molar-refractivity contribution in [3.05, 3.63) is 50.2 Å². The number of nitrogen functional groups attached to an aromatic ring is 1. The maximum absolute atomic E-state index is 12.8. The van der Waals surface area contributed by atoms with Crippen molar-refractivity contribution in [3.63, 3.8) is 0 Å². The van der Waals surface area contributed by atoms with E-state index in [9.17, 15) is 14.4 Å². The van der Waals surface area contributed by atoms with Gasteiger partial charge in [0.1, 0.15) is 11.5 Å². The molecule has 1 amide bonds. The molecule has 0 fully saturated rings. The summed E-state index contributed by atoms with van der Waals surface area (Å²) >= 11 is 0. The molecule has 30 heavy (non-hydrogen) atoms. The van der Waals surface area contributed by atoms with Gasteiger partial charge in [0.05, 0.1) is 6.54 Å². The van der Waals surface area contributed by atoms with E-state index in [1.807, 2.05) is 59.7 Å². The maximum atomic E-state index is 12.8. The molecular weight excluding hydrogens is 382 g/mol. The van der Waals surface area contributed by atoms with Gasteiger partial charge in [-0.15, -0.1) is 0 Å². The van der Waals surface area contributed by atoms with Crippen LogP contribution in [0.15, 0.2) is 27.8 Å². The van der Waals surface area contributed by atoms with Crippen LogP contribution in [0.25, 0.3) is 0 Å². The summed E-state index contributed by atoms with van der Waals surface area (Å²) in [6, 6.07) is 5.71. The Labute approximate surface area is 177 Å². The molecule has 8 heteroatoms. The van der Waals surface area contributed by atoms with E-state index < -0.39 is 11.2 Å². The molecule has 2 rings (SSSR count). The molecule has 1 aromatic heterocycles. The largest absolute Gasteiger partial charge is 0.383 e. The maximum Gasteiger partial charge on any atom is 0.330 e. The van der Waals surface area contributed by atoms with Crippen molar-refractivity contribution in [2.24, 2.45) is 11.8 Å². The first-order chi connectivity index (χ1) is 14.0. The highest BCUT2D eigenvalue weighted by Gasteiger charge is 2.22. The molecule has 164 valence electrons. The average Bonchev–Trinajstić information content (AvgIpc) is 2.61. The number of nitrogens with one attached hydrogen (secondary N) is 2. The van der Waals surface area contributed by atoms with Gasteiger partial charge in [0.15, 0.2) is 0 Å². The third-order valence-corrected chi connectivity index (χ3v) is 4.88. The highest BCUT2D eigenvalue weighted by molar-refractivity contribution is 5.95. The van der Waals surface area contributed by atoms with Gasteiger partial charge in [-0.1, -0.05) is 39.8 Å². The van der Waals surface area contributed by atoms with Gasteiger partial charge >= 0.3 is 5.69 Å². The van der Waals surface area contributed by atoms with Gasteiger partial charge in [-0.3, -0.25) is 19.1 Å². The molecule has 0 aliphatic carbocycles. The van der Waals surface area contributed by atoms with E-state index in [2.05, 4.69) is 10.3 Å². The SMILES string of the molecule is Cc1cccc(NC(=O)CN(CC(C)C)c2c(N)n(CC(C)C)c(=O)[nH]c2=O)c1C. The number of amides is 1.